The maximum Gasteiger partial charge on any atom is 0.0408 e. The van der Waals surface area contributed by atoms with Crippen LogP contribution in [0.5, 0.6) is 0 Å². The zero-order valence-electron chi connectivity index (χ0n) is 9.81. The Bertz CT molecular complexity index is 681. The van der Waals surface area contributed by atoms with Gasteiger partial charge in [0.05, 0.1) is 0 Å². The van der Waals surface area contributed by atoms with Gasteiger partial charge < -0.3 is 0 Å². The Labute approximate surface area is 112 Å². The van der Waals surface area contributed by atoms with Crippen molar-refractivity contribution in [3.05, 3.63) is 89.3 Å². The van der Waals surface area contributed by atoms with Crippen molar-refractivity contribution < 1.29 is 0 Å². The molecule has 0 unspecified atom stereocenters. The Morgan fingerprint density at radius 1 is 0.778 bits per heavy atom. The normalized spacial score (nSPS) is 10.7. The molecule has 0 aromatic heterocycles. The lowest BCUT2D eigenvalue weighted by Gasteiger charge is -2.06. The lowest BCUT2D eigenvalue weighted by molar-refractivity contribution is 1.46. The second-order valence-electron chi connectivity index (χ2n) is 4.27. The maximum atomic E-state index is 6.01. The molecule has 0 saturated heterocycles. The molecule has 0 amide bonds. The maximum absolute atomic E-state index is 6.01. The summed E-state index contributed by atoms with van der Waals surface area (Å²) in [4.78, 5) is 0. The molecule has 0 aliphatic heterocycles. The van der Waals surface area contributed by atoms with E-state index in [1.807, 2.05) is 18.2 Å². The first-order valence-electron chi connectivity index (χ1n) is 5.91. The molecule has 0 bridgehead atoms. The predicted molar refractivity (Wildman–Crippen MR) is 77.9 cm³/mol. The molecule has 87 valence electrons. The number of halogens is 1. The minimum Gasteiger partial charge on any atom is -0.0843 e. The van der Waals surface area contributed by atoms with E-state index in [0.717, 1.165) is 10.6 Å². The first-order valence-corrected chi connectivity index (χ1v) is 6.29. The molecule has 0 saturated carbocycles. The summed E-state index contributed by atoms with van der Waals surface area (Å²) in [5.74, 6) is 0. The minimum atomic E-state index is 0.768. The highest BCUT2D eigenvalue weighted by Gasteiger charge is 2.02. The molecule has 1 radical (unpaired) electrons. The van der Waals surface area contributed by atoms with Crippen LogP contribution in [-0.2, 0) is 0 Å². The van der Waals surface area contributed by atoms with Crippen LogP contribution in [-0.4, -0.2) is 0 Å². The van der Waals surface area contributed by atoms with Crippen LogP contribution >= 0.6 is 11.6 Å². The molecule has 0 atom stereocenters. The number of rotatable bonds is 2. The molecule has 0 aliphatic carbocycles. The quantitative estimate of drug-likeness (QED) is 0.595. The van der Waals surface area contributed by atoms with Gasteiger partial charge in [-0.3, -0.25) is 0 Å². The third kappa shape index (κ3) is 2.25. The molecule has 3 aromatic rings. The fraction of sp³-hybridized carbons (Fsp3) is 0. The van der Waals surface area contributed by atoms with Gasteiger partial charge in [0.1, 0.15) is 0 Å². The van der Waals surface area contributed by atoms with Crippen molar-refractivity contribution >= 4 is 22.4 Å². The lowest BCUT2D eigenvalue weighted by atomic mass is 9.99. The minimum absolute atomic E-state index is 0.768. The van der Waals surface area contributed by atoms with Gasteiger partial charge in [-0.15, -0.1) is 0 Å². The van der Waals surface area contributed by atoms with E-state index in [0.29, 0.717) is 0 Å². The number of hydrogen-bond donors (Lipinski definition) is 0. The van der Waals surface area contributed by atoms with E-state index in [2.05, 4.69) is 55.0 Å². The summed E-state index contributed by atoms with van der Waals surface area (Å²) in [5, 5.41) is 3.29. The van der Waals surface area contributed by atoms with Gasteiger partial charge in [0, 0.05) is 11.4 Å². The lowest BCUT2D eigenvalue weighted by Crippen LogP contribution is -1.87. The average molecular weight is 252 g/mol. The molecule has 0 fully saturated rings. The first-order chi connectivity index (χ1) is 8.83. The molecular weight excluding hydrogens is 240 g/mol. The van der Waals surface area contributed by atoms with Crippen LogP contribution in [0, 0.1) is 6.42 Å². The van der Waals surface area contributed by atoms with Crippen LogP contribution < -0.4 is 0 Å². The van der Waals surface area contributed by atoms with E-state index in [-0.39, 0.29) is 0 Å². The van der Waals surface area contributed by atoms with Gasteiger partial charge in [-0.25, -0.2) is 0 Å². The van der Waals surface area contributed by atoms with Crippen molar-refractivity contribution in [3.8, 4) is 0 Å². The predicted octanol–water partition coefficient (Wildman–Crippen LogP) is 5.09. The second kappa shape index (κ2) is 4.83. The Hall–Kier alpha value is -1.79. The highest BCUT2D eigenvalue weighted by atomic mass is 35.5. The molecule has 0 spiro atoms. The fourth-order valence-electron chi connectivity index (χ4n) is 2.15. The summed E-state index contributed by atoms with van der Waals surface area (Å²) in [6.07, 6.45) is 2.16. The van der Waals surface area contributed by atoms with Gasteiger partial charge >= 0.3 is 0 Å². The van der Waals surface area contributed by atoms with E-state index in [1.54, 1.807) is 0 Å². The van der Waals surface area contributed by atoms with E-state index in [4.69, 9.17) is 11.6 Å². The van der Waals surface area contributed by atoms with Crippen LogP contribution in [0.25, 0.3) is 10.8 Å². The molecule has 3 rings (SSSR count). The van der Waals surface area contributed by atoms with Crippen LogP contribution in [0.2, 0.25) is 5.02 Å². The number of hydrogen-bond acceptors (Lipinski definition) is 0. The van der Waals surface area contributed by atoms with Crippen molar-refractivity contribution in [2.45, 2.75) is 0 Å². The largest absolute Gasteiger partial charge is 0.0843 e. The van der Waals surface area contributed by atoms with Gasteiger partial charge in [-0.2, -0.15) is 0 Å². The Morgan fingerprint density at radius 2 is 1.56 bits per heavy atom. The van der Waals surface area contributed by atoms with Crippen molar-refractivity contribution in [1.29, 1.82) is 0 Å². The smallest absolute Gasteiger partial charge is 0.0408 e. The fourth-order valence-corrected chi connectivity index (χ4v) is 2.35. The summed E-state index contributed by atoms with van der Waals surface area (Å²) in [6.45, 7) is 0. The van der Waals surface area contributed by atoms with Crippen LogP contribution in [0.4, 0.5) is 0 Å². The molecule has 0 N–H and O–H groups in total. The van der Waals surface area contributed by atoms with Crippen LogP contribution in [0.3, 0.4) is 0 Å². The number of benzene rings is 3. The summed E-state index contributed by atoms with van der Waals surface area (Å²) >= 11 is 6.01. The van der Waals surface area contributed by atoms with Crippen LogP contribution in [0.15, 0.2) is 66.7 Å². The Kier molecular flexibility index (Phi) is 3.04. The van der Waals surface area contributed by atoms with Crippen molar-refractivity contribution in [3.63, 3.8) is 0 Å². The van der Waals surface area contributed by atoms with E-state index < -0.39 is 0 Å². The second-order valence-corrected chi connectivity index (χ2v) is 4.70. The Balaban J connectivity index is 2.05. The Morgan fingerprint density at radius 3 is 2.44 bits per heavy atom. The van der Waals surface area contributed by atoms with Crippen molar-refractivity contribution in [2.75, 3.05) is 0 Å². The third-order valence-corrected chi connectivity index (χ3v) is 3.23. The zero-order valence-corrected chi connectivity index (χ0v) is 10.6. The summed E-state index contributed by atoms with van der Waals surface area (Å²) in [5.41, 5.74) is 2.34. The van der Waals surface area contributed by atoms with Crippen molar-refractivity contribution in [1.82, 2.24) is 0 Å². The molecule has 0 nitrogen and oxygen atoms in total. The highest BCUT2D eigenvalue weighted by molar-refractivity contribution is 6.30. The monoisotopic (exact) mass is 251 g/mol. The van der Waals surface area contributed by atoms with Gasteiger partial charge in [-0.05, 0) is 34.0 Å². The van der Waals surface area contributed by atoms with Gasteiger partial charge in [0.2, 0.25) is 0 Å². The summed E-state index contributed by atoms with van der Waals surface area (Å²) in [6, 6.07) is 22.6. The SMILES string of the molecule is Clc1cccc([CH]c2cccc3ccccc23)c1. The molecule has 0 heterocycles. The van der Waals surface area contributed by atoms with E-state index in [1.165, 1.54) is 16.3 Å². The van der Waals surface area contributed by atoms with Crippen LogP contribution in [0.1, 0.15) is 11.1 Å². The van der Waals surface area contributed by atoms with E-state index in [9.17, 15) is 0 Å². The third-order valence-electron chi connectivity index (χ3n) is 2.99. The topological polar surface area (TPSA) is 0 Å². The average Bonchev–Trinajstić information content (AvgIpc) is 2.39. The number of fused-ring (bicyclic) bond motifs is 1. The molecular formula is C17H12Cl. The van der Waals surface area contributed by atoms with Gasteiger partial charge in [0.15, 0.2) is 0 Å². The standard InChI is InChI=1S/C17H12Cl/c18-16-9-3-5-13(12-16)11-15-8-4-7-14-6-1-2-10-17(14)15/h1-12H. The van der Waals surface area contributed by atoms with Crippen molar-refractivity contribution in [2.24, 2.45) is 0 Å². The summed E-state index contributed by atoms with van der Waals surface area (Å²) in [7, 11) is 0. The molecule has 1 heteroatoms. The first kappa shape index (κ1) is 11.3. The zero-order chi connectivity index (χ0) is 12.4. The van der Waals surface area contributed by atoms with E-state index >= 15 is 0 Å². The molecule has 3 aromatic carbocycles. The van der Waals surface area contributed by atoms with Gasteiger partial charge in [0.25, 0.3) is 0 Å². The molecule has 18 heavy (non-hydrogen) atoms. The highest BCUT2D eigenvalue weighted by Crippen LogP contribution is 2.23. The summed E-state index contributed by atoms with van der Waals surface area (Å²) < 4.78 is 0. The van der Waals surface area contributed by atoms with Gasteiger partial charge in [-0.1, -0.05) is 66.2 Å². The molecule has 0 aliphatic rings.